The highest BCUT2D eigenvalue weighted by atomic mass is 19.4. The monoisotopic (exact) mass is 478 g/mol. The zero-order chi connectivity index (χ0) is 25.3. The Hall–Kier alpha value is -3.56. The lowest BCUT2D eigenvalue weighted by Gasteiger charge is -2.31. The molecule has 182 valence electrons. The molecule has 3 N–H and O–H groups in total. The van der Waals surface area contributed by atoms with Gasteiger partial charge in [-0.2, -0.15) is 13.2 Å². The predicted molar refractivity (Wildman–Crippen MR) is 117 cm³/mol. The van der Waals surface area contributed by atoms with Crippen molar-refractivity contribution in [3.63, 3.8) is 0 Å². The number of nitrogens with one attached hydrogen (secondary N) is 2. The number of fused-ring (bicyclic) bond motifs is 3. The molecule has 0 saturated carbocycles. The quantitative estimate of drug-likeness (QED) is 0.557. The molecule has 7 nitrogen and oxygen atoms in total. The van der Waals surface area contributed by atoms with E-state index in [4.69, 9.17) is 9.84 Å². The lowest BCUT2D eigenvalue weighted by atomic mass is 9.98. The van der Waals surface area contributed by atoms with E-state index >= 15 is 0 Å². The Bertz CT molecular complexity index is 1060. The summed E-state index contributed by atoms with van der Waals surface area (Å²) in [6.07, 6.45) is -6.25. The first kappa shape index (κ1) is 25.1. The number of alkyl halides is 3. The van der Waals surface area contributed by atoms with Gasteiger partial charge >= 0.3 is 18.2 Å². The Morgan fingerprint density at radius 3 is 1.94 bits per heavy atom. The number of ether oxygens (including phenoxy) is 1. The molecule has 0 fully saturated rings. The van der Waals surface area contributed by atoms with Crippen LogP contribution in [0.4, 0.5) is 18.0 Å². The first-order valence-corrected chi connectivity index (χ1v) is 10.6. The van der Waals surface area contributed by atoms with Gasteiger partial charge in [-0.05, 0) is 35.1 Å². The first-order valence-electron chi connectivity index (χ1n) is 10.6. The molecule has 0 heterocycles. The van der Waals surface area contributed by atoms with E-state index < -0.39 is 41.6 Å². The summed E-state index contributed by atoms with van der Waals surface area (Å²) in [6, 6.07) is 13.9. The number of carboxylic acids is 1. The van der Waals surface area contributed by atoms with Crippen LogP contribution in [0.1, 0.15) is 37.8 Å². The smallest absolute Gasteiger partial charge is 0.422 e. The van der Waals surface area contributed by atoms with Crippen LogP contribution in [0.25, 0.3) is 11.1 Å². The van der Waals surface area contributed by atoms with Crippen LogP contribution in [-0.2, 0) is 14.3 Å². The maximum Gasteiger partial charge on any atom is 0.422 e. The minimum atomic E-state index is -5.25. The fourth-order valence-corrected chi connectivity index (χ4v) is 3.87. The number of carbonyl (C=O) groups is 3. The normalized spacial score (nSPS) is 15.6. The van der Waals surface area contributed by atoms with E-state index in [1.807, 2.05) is 48.5 Å². The van der Waals surface area contributed by atoms with Crippen molar-refractivity contribution in [2.24, 2.45) is 5.92 Å². The van der Waals surface area contributed by atoms with E-state index in [1.54, 1.807) is 0 Å². The molecule has 0 aromatic heterocycles. The Balaban J connectivity index is 1.71. The van der Waals surface area contributed by atoms with E-state index in [0.717, 1.165) is 22.3 Å². The molecular formula is C24H25F3N2O5. The van der Waals surface area contributed by atoms with Crippen LogP contribution in [0, 0.1) is 5.92 Å². The molecule has 34 heavy (non-hydrogen) atoms. The third-order valence-electron chi connectivity index (χ3n) is 5.93. The number of benzene rings is 2. The van der Waals surface area contributed by atoms with Gasteiger partial charge in [0.25, 0.3) is 0 Å². The summed E-state index contributed by atoms with van der Waals surface area (Å²) in [4.78, 5) is 36.2. The van der Waals surface area contributed by atoms with Crippen LogP contribution in [0.15, 0.2) is 48.5 Å². The van der Waals surface area contributed by atoms with Gasteiger partial charge in [-0.25, -0.2) is 9.59 Å². The highest BCUT2D eigenvalue weighted by Crippen LogP contribution is 2.44. The molecule has 2 aromatic carbocycles. The van der Waals surface area contributed by atoms with E-state index in [2.05, 4.69) is 5.32 Å². The molecule has 10 heteroatoms. The summed E-state index contributed by atoms with van der Waals surface area (Å²) >= 11 is 0. The van der Waals surface area contributed by atoms with Gasteiger partial charge in [-0.3, -0.25) is 4.79 Å². The van der Waals surface area contributed by atoms with Crippen LogP contribution in [0.3, 0.4) is 0 Å². The van der Waals surface area contributed by atoms with Crippen LogP contribution in [0.2, 0.25) is 0 Å². The second-order valence-electron chi connectivity index (χ2n) is 8.61. The number of carboxylic acid groups (broad SMARTS) is 1. The van der Waals surface area contributed by atoms with E-state index in [1.165, 1.54) is 19.2 Å². The fourth-order valence-electron chi connectivity index (χ4n) is 3.87. The van der Waals surface area contributed by atoms with E-state index in [0.29, 0.717) is 6.92 Å². The molecule has 0 spiro atoms. The van der Waals surface area contributed by atoms with E-state index in [9.17, 15) is 27.6 Å². The third kappa shape index (κ3) is 4.71. The minimum Gasteiger partial charge on any atom is -0.479 e. The molecular weight excluding hydrogens is 453 g/mol. The number of amides is 2. The van der Waals surface area contributed by atoms with Crippen molar-refractivity contribution in [1.82, 2.24) is 10.6 Å². The van der Waals surface area contributed by atoms with Gasteiger partial charge in [0, 0.05) is 5.92 Å². The molecule has 2 aromatic rings. The lowest BCUT2D eigenvalue weighted by molar-refractivity contribution is -0.207. The van der Waals surface area contributed by atoms with Gasteiger partial charge in [0.15, 0.2) is 0 Å². The average molecular weight is 478 g/mol. The van der Waals surface area contributed by atoms with Gasteiger partial charge in [0.1, 0.15) is 12.6 Å². The predicted octanol–water partition coefficient (Wildman–Crippen LogP) is 4.07. The SMILES string of the molecule is CC(C)[C@H](NC(=O)OCC1c2ccccc2-c2ccccc21)C(=O)NC(C)(C(=O)O)C(F)(F)F. The molecule has 0 bridgehead atoms. The second kappa shape index (κ2) is 9.36. The number of rotatable bonds is 7. The molecule has 0 radical (unpaired) electrons. The fraction of sp³-hybridized carbons (Fsp3) is 0.375. The molecule has 1 aliphatic carbocycles. The van der Waals surface area contributed by atoms with Crippen LogP contribution < -0.4 is 10.6 Å². The Labute approximate surface area is 194 Å². The summed E-state index contributed by atoms with van der Waals surface area (Å²) in [7, 11) is 0. The largest absolute Gasteiger partial charge is 0.479 e. The number of hydrogen-bond acceptors (Lipinski definition) is 4. The number of carbonyl (C=O) groups excluding carboxylic acids is 2. The summed E-state index contributed by atoms with van der Waals surface area (Å²) in [5, 5.41) is 12.8. The number of aliphatic carboxylic acids is 1. The van der Waals surface area contributed by atoms with Gasteiger partial charge in [-0.1, -0.05) is 62.4 Å². The molecule has 1 aliphatic rings. The van der Waals surface area contributed by atoms with Crippen LogP contribution in [0.5, 0.6) is 0 Å². The highest BCUT2D eigenvalue weighted by molar-refractivity contribution is 5.91. The van der Waals surface area contributed by atoms with E-state index in [-0.39, 0.29) is 12.5 Å². The van der Waals surface area contributed by atoms with Gasteiger partial charge < -0.3 is 20.5 Å². The van der Waals surface area contributed by atoms with Gasteiger partial charge in [0.05, 0.1) is 0 Å². The maximum absolute atomic E-state index is 13.3. The summed E-state index contributed by atoms with van der Waals surface area (Å²) in [6.45, 7) is 3.29. The zero-order valence-electron chi connectivity index (χ0n) is 18.8. The Morgan fingerprint density at radius 1 is 1.00 bits per heavy atom. The number of halogens is 3. The van der Waals surface area contributed by atoms with Crippen molar-refractivity contribution in [1.29, 1.82) is 0 Å². The van der Waals surface area contributed by atoms with Crippen molar-refractivity contribution >= 4 is 18.0 Å². The topological polar surface area (TPSA) is 105 Å². The molecule has 2 amide bonds. The Morgan fingerprint density at radius 2 is 1.50 bits per heavy atom. The van der Waals surface area contributed by atoms with Crippen LogP contribution in [-0.4, -0.2) is 47.4 Å². The van der Waals surface area contributed by atoms with Crippen molar-refractivity contribution < 1.29 is 37.4 Å². The van der Waals surface area contributed by atoms with Crippen molar-refractivity contribution in [3.8, 4) is 11.1 Å². The second-order valence-corrected chi connectivity index (χ2v) is 8.61. The van der Waals surface area contributed by atoms with Crippen LogP contribution >= 0.6 is 0 Å². The average Bonchev–Trinajstić information content (AvgIpc) is 3.08. The molecule has 1 unspecified atom stereocenters. The first-order chi connectivity index (χ1) is 15.9. The lowest BCUT2D eigenvalue weighted by Crippen LogP contribution is -2.65. The molecule has 2 atom stereocenters. The van der Waals surface area contributed by atoms with Crippen molar-refractivity contribution in [2.75, 3.05) is 6.61 Å². The minimum absolute atomic E-state index is 0.0539. The Kier molecular flexibility index (Phi) is 6.90. The molecule has 3 rings (SSSR count). The van der Waals surface area contributed by atoms with Gasteiger partial charge in [0.2, 0.25) is 11.4 Å². The zero-order valence-corrected chi connectivity index (χ0v) is 18.8. The highest BCUT2D eigenvalue weighted by Gasteiger charge is 2.59. The van der Waals surface area contributed by atoms with Crippen molar-refractivity contribution in [2.45, 2.75) is 44.4 Å². The third-order valence-corrected chi connectivity index (χ3v) is 5.93. The number of hydrogen-bond donors (Lipinski definition) is 3. The summed E-state index contributed by atoms with van der Waals surface area (Å²) < 4.78 is 45.2. The molecule has 0 aliphatic heterocycles. The van der Waals surface area contributed by atoms with Gasteiger partial charge in [-0.15, -0.1) is 0 Å². The summed E-state index contributed by atoms with van der Waals surface area (Å²) in [5.74, 6) is -4.44. The maximum atomic E-state index is 13.3. The number of alkyl carbamates (subject to hydrolysis) is 1. The standard InChI is InChI=1S/C24H25F3N2O5/c1-13(2)19(20(30)29-23(3,21(31)32)24(25,26)27)28-22(33)34-12-18-16-10-6-4-8-14(16)15-9-5-7-11-17(15)18/h4-11,13,18-19H,12H2,1-3H3,(H,28,33)(H,29,30)(H,31,32)/t19-,23?/m0/s1. The molecule has 0 saturated heterocycles. The summed E-state index contributed by atoms with van der Waals surface area (Å²) in [5.41, 5.74) is 0.465. The van der Waals surface area contributed by atoms with Crippen molar-refractivity contribution in [3.05, 3.63) is 59.7 Å².